The molecule has 1 fully saturated rings. The van der Waals surface area contributed by atoms with Gasteiger partial charge in [-0.1, -0.05) is 30.3 Å². The third kappa shape index (κ3) is 4.25. The van der Waals surface area contributed by atoms with Gasteiger partial charge in [-0.05, 0) is 36.8 Å². The Balaban J connectivity index is 1.59. The van der Waals surface area contributed by atoms with Crippen LogP contribution in [0.1, 0.15) is 18.5 Å². The third-order valence-corrected chi connectivity index (χ3v) is 5.15. The molecule has 7 heteroatoms. The number of hydrogen-bond donors (Lipinski definition) is 3. The van der Waals surface area contributed by atoms with E-state index in [0.717, 1.165) is 37.6 Å². The topological polar surface area (TPSA) is 82.7 Å². The minimum Gasteiger partial charge on any atom is -0.378 e. The van der Waals surface area contributed by atoms with Crippen LogP contribution in [-0.4, -0.2) is 38.2 Å². The Morgan fingerprint density at radius 3 is 2.45 bits per heavy atom. The van der Waals surface area contributed by atoms with Gasteiger partial charge < -0.3 is 25.6 Å². The fourth-order valence-corrected chi connectivity index (χ4v) is 3.66. The molecule has 4 rings (SSSR count). The highest BCUT2D eigenvalue weighted by molar-refractivity contribution is 6.06. The number of nitrogens with zero attached hydrogens (tertiary/aromatic N) is 1. The van der Waals surface area contributed by atoms with E-state index in [4.69, 9.17) is 4.74 Å². The van der Waals surface area contributed by atoms with Gasteiger partial charge in [0.25, 0.3) is 5.91 Å². The van der Waals surface area contributed by atoms with Crippen LogP contribution >= 0.6 is 0 Å². The maximum atomic E-state index is 13.0. The number of benzene rings is 2. The third-order valence-electron chi connectivity index (χ3n) is 5.15. The molecule has 0 radical (unpaired) electrons. The first kappa shape index (κ1) is 19.0. The van der Waals surface area contributed by atoms with Gasteiger partial charge in [0.05, 0.1) is 24.8 Å². The molecule has 0 aliphatic carbocycles. The molecule has 2 aliphatic rings. The van der Waals surface area contributed by atoms with Crippen LogP contribution in [-0.2, 0) is 9.53 Å². The summed E-state index contributed by atoms with van der Waals surface area (Å²) in [5, 5.41) is 8.49. The molecule has 1 saturated heterocycles. The minimum absolute atomic E-state index is 0.247. The lowest BCUT2D eigenvalue weighted by molar-refractivity contribution is -0.113. The molecular formula is C22H24N4O3. The van der Waals surface area contributed by atoms with Crippen molar-refractivity contribution < 1.29 is 14.3 Å². The molecule has 2 aromatic carbocycles. The van der Waals surface area contributed by atoms with Crippen LogP contribution in [0.15, 0.2) is 65.9 Å². The number of ether oxygens (including phenoxy) is 1. The molecule has 29 heavy (non-hydrogen) atoms. The number of nitrogens with one attached hydrogen (secondary N) is 3. The standard InChI is InChI=1S/C22H24N4O3/c1-15-19(21(27)24-17-5-3-2-4-6-17)20(25-22(28)23-15)16-7-9-18(10-8-16)26-11-13-29-14-12-26/h2-10,20H,11-14H2,1H3,(H,24,27)(H2,23,25,28)/t20-/m1/s1. The SMILES string of the molecule is CC1=C(C(=O)Nc2ccccc2)[C@@H](c2ccc(N3CCOCC3)cc2)NC(=O)N1. The molecule has 0 spiro atoms. The predicted molar refractivity (Wildman–Crippen MR) is 112 cm³/mol. The zero-order valence-electron chi connectivity index (χ0n) is 16.3. The second-order valence-electron chi connectivity index (χ2n) is 7.08. The number of urea groups is 1. The van der Waals surface area contributed by atoms with Crippen molar-refractivity contribution in [1.29, 1.82) is 0 Å². The predicted octanol–water partition coefficient (Wildman–Crippen LogP) is 2.79. The van der Waals surface area contributed by atoms with Crippen LogP contribution in [0.2, 0.25) is 0 Å². The second-order valence-corrected chi connectivity index (χ2v) is 7.08. The van der Waals surface area contributed by atoms with Gasteiger partial charge in [0.15, 0.2) is 0 Å². The highest BCUT2D eigenvalue weighted by atomic mass is 16.5. The Morgan fingerprint density at radius 2 is 1.76 bits per heavy atom. The normalized spacial score (nSPS) is 19.4. The van der Waals surface area contributed by atoms with Crippen molar-refractivity contribution in [3.05, 3.63) is 71.4 Å². The minimum atomic E-state index is -0.522. The summed E-state index contributed by atoms with van der Waals surface area (Å²) in [5.74, 6) is -0.247. The summed E-state index contributed by atoms with van der Waals surface area (Å²) in [6, 6.07) is 16.4. The lowest BCUT2D eigenvalue weighted by Crippen LogP contribution is -2.46. The van der Waals surface area contributed by atoms with Crippen LogP contribution < -0.4 is 20.9 Å². The Labute approximate surface area is 169 Å². The average Bonchev–Trinajstić information content (AvgIpc) is 2.74. The second kappa shape index (κ2) is 8.36. The fraction of sp³-hybridized carbons (Fsp3) is 0.273. The van der Waals surface area contributed by atoms with Crippen molar-refractivity contribution in [2.24, 2.45) is 0 Å². The molecule has 0 unspecified atom stereocenters. The van der Waals surface area contributed by atoms with Crippen molar-refractivity contribution in [2.75, 3.05) is 36.5 Å². The van der Waals surface area contributed by atoms with E-state index in [1.165, 1.54) is 0 Å². The van der Waals surface area contributed by atoms with Gasteiger partial charge >= 0.3 is 6.03 Å². The number of carbonyl (C=O) groups is 2. The van der Waals surface area contributed by atoms with Gasteiger partial charge in [0.1, 0.15) is 0 Å². The first-order valence-corrected chi connectivity index (χ1v) is 9.69. The summed E-state index contributed by atoms with van der Waals surface area (Å²) in [6.07, 6.45) is 0. The zero-order chi connectivity index (χ0) is 20.2. The number of para-hydroxylation sites is 1. The van der Waals surface area contributed by atoms with Gasteiger partial charge in [0, 0.05) is 30.2 Å². The molecule has 1 atom stereocenters. The molecule has 7 nitrogen and oxygen atoms in total. The van der Waals surface area contributed by atoms with E-state index in [2.05, 4.69) is 20.9 Å². The molecule has 0 saturated carbocycles. The Kier molecular flexibility index (Phi) is 5.48. The molecule has 2 heterocycles. The van der Waals surface area contributed by atoms with Crippen molar-refractivity contribution in [3.8, 4) is 0 Å². The van der Waals surface area contributed by atoms with Crippen molar-refractivity contribution in [2.45, 2.75) is 13.0 Å². The van der Waals surface area contributed by atoms with E-state index in [1.54, 1.807) is 6.92 Å². The molecule has 3 amide bonds. The molecule has 0 aromatic heterocycles. The molecular weight excluding hydrogens is 368 g/mol. The van der Waals surface area contributed by atoms with Crippen LogP contribution in [0.4, 0.5) is 16.2 Å². The summed E-state index contributed by atoms with van der Waals surface area (Å²) in [4.78, 5) is 27.4. The lowest BCUT2D eigenvalue weighted by atomic mass is 9.94. The van der Waals surface area contributed by atoms with Gasteiger partial charge in [-0.3, -0.25) is 4.79 Å². The molecule has 2 aromatic rings. The Morgan fingerprint density at radius 1 is 1.07 bits per heavy atom. The number of hydrogen-bond acceptors (Lipinski definition) is 4. The number of morpholine rings is 1. The van der Waals surface area contributed by atoms with Crippen LogP contribution in [0.25, 0.3) is 0 Å². The monoisotopic (exact) mass is 392 g/mol. The maximum absolute atomic E-state index is 13.0. The summed E-state index contributed by atoms with van der Waals surface area (Å²) in [6.45, 7) is 4.89. The number of anilines is 2. The van der Waals surface area contributed by atoms with E-state index in [0.29, 0.717) is 17.0 Å². The molecule has 0 bridgehead atoms. The quantitative estimate of drug-likeness (QED) is 0.747. The van der Waals surface area contributed by atoms with Crippen molar-refractivity contribution in [1.82, 2.24) is 10.6 Å². The van der Waals surface area contributed by atoms with E-state index >= 15 is 0 Å². The summed E-state index contributed by atoms with van der Waals surface area (Å²) >= 11 is 0. The number of rotatable bonds is 4. The molecule has 150 valence electrons. The zero-order valence-corrected chi connectivity index (χ0v) is 16.3. The highest BCUT2D eigenvalue weighted by Crippen LogP contribution is 2.29. The largest absolute Gasteiger partial charge is 0.378 e. The first-order valence-electron chi connectivity index (χ1n) is 9.69. The van der Waals surface area contributed by atoms with Gasteiger partial charge in [0.2, 0.25) is 0 Å². The van der Waals surface area contributed by atoms with Crippen LogP contribution in [0, 0.1) is 0 Å². The van der Waals surface area contributed by atoms with Gasteiger partial charge in [-0.15, -0.1) is 0 Å². The summed E-state index contributed by atoms with van der Waals surface area (Å²) in [7, 11) is 0. The fourth-order valence-electron chi connectivity index (χ4n) is 3.66. The van der Waals surface area contributed by atoms with E-state index in [-0.39, 0.29) is 11.9 Å². The van der Waals surface area contributed by atoms with Crippen molar-refractivity contribution >= 4 is 23.3 Å². The first-order chi connectivity index (χ1) is 14.1. The number of carbonyl (C=O) groups excluding carboxylic acids is 2. The van der Waals surface area contributed by atoms with Gasteiger partial charge in [-0.25, -0.2) is 4.79 Å². The Bertz CT molecular complexity index is 919. The number of amides is 3. The Hall–Kier alpha value is -3.32. The average molecular weight is 392 g/mol. The van der Waals surface area contributed by atoms with E-state index in [1.807, 2.05) is 54.6 Å². The van der Waals surface area contributed by atoms with E-state index in [9.17, 15) is 9.59 Å². The lowest BCUT2D eigenvalue weighted by Gasteiger charge is -2.31. The smallest absolute Gasteiger partial charge is 0.319 e. The summed E-state index contributed by atoms with van der Waals surface area (Å²) in [5.41, 5.74) is 3.70. The molecule has 3 N–H and O–H groups in total. The van der Waals surface area contributed by atoms with Crippen molar-refractivity contribution in [3.63, 3.8) is 0 Å². The summed E-state index contributed by atoms with van der Waals surface area (Å²) < 4.78 is 5.41. The van der Waals surface area contributed by atoms with E-state index < -0.39 is 6.04 Å². The van der Waals surface area contributed by atoms with Crippen LogP contribution in [0.3, 0.4) is 0 Å². The number of allylic oxidation sites excluding steroid dienone is 1. The maximum Gasteiger partial charge on any atom is 0.319 e. The van der Waals surface area contributed by atoms with Crippen LogP contribution in [0.5, 0.6) is 0 Å². The molecule has 2 aliphatic heterocycles. The van der Waals surface area contributed by atoms with Gasteiger partial charge in [-0.2, -0.15) is 0 Å². The highest BCUT2D eigenvalue weighted by Gasteiger charge is 2.31.